The van der Waals surface area contributed by atoms with E-state index in [4.69, 9.17) is 0 Å². The van der Waals surface area contributed by atoms with Crippen LogP contribution in [0, 0.1) is 13.8 Å². The molecule has 6 nitrogen and oxygen atoms in total. The van der Waals surface area contributed by atoms with Gasteiger partial charge in [-0.15, -0.1) is 0 Å². The summed E-state index contributed by atoms with van der Waals surface area (Å²) in [5.41, 5.74) is 1.79. The van der Waals surface area contributed by atoms with Crippen LogP contribution in [0.4, 0.5) is 5.95 Å². The van der Waals surface area contributed by atoms with Crippen LogP contribution in [0.25, 0.3) is 0 Å². The first-order chi connectivity index (χ1) is 8.54. The number of hydrogen-bond donors (Lipinski definition) is 2. The van der Waals surface area contributed by atoms with Crippen molar-refractivity contribution in [3.05, 3.63) is 41.5 Å². The van der Waals surface area contributed by atoms with Crippen molar-refractivity contribution in [2.75, 3.05) is 5.32 Å². The molecule has 6 heteroatoms. The first kappa shape index (κ1) is 12.0. The molecule has 0 aliphatic rings. The number of nitrogens with one attached hydrogen (secondary N) is 1. The molecule has 0 atom stereocenters. The van der Waals surface area contributed by atoms with Gasteiger partial charge in [0.1, 0.15) is 5.75 Å². The molecule has 1 amide bonds. The third kappa shape index (κ3) is 2.79. The van der Waals surface area contributed by atoms with Gasteiger partial charge in [-0.2, -0.15) is 0 Å². The molecule has 2 aromatic heterocycles. The predicted molar refractivity (Wildman–Crippen MR) is 65.4 cm³/mol. The number of anilines is 1. The van der Waals surface area contributed by atoms with E-state index in [-0.39, 0.29) is 17.3 Å². The Hall–Kier alpha value is -2.50. The van der Waals surface area contributed by atoms with Crippen molar-refractivity contribution in [1.82, 2.24) is 15.0 Å². The summed E-state index contributed by atoms with van der Waals surface area (Å²) in [6, 6.07) is 3.14. The molecule has 0 saturated carbocycles. The van der Waals surface area contributed by atoms with Gasteiger partial charge in [0.25, 0.3) is 5.91 Å². The molecular formula is C12H12N4O2. The number of aromatic hydroxyl groups is 1. The highest BCUT2D eigenvalue weighted by molar-refractivity contribution is 6.03. The molecule has 2 N–H and O–H groups in total. The highest BCUT2D eigenvalue weighted by Crippen LogP contribution is 2.10. The molecule has 0 aromatic carbocycles. The third-order valence-electron chi connectivity index (χ3n) is 2.19. The fourth-order valence-electron chi connectivity index (χ4n) is 1.51. The Balaban J connectivity index is 2.21. The lowest BCUT2D eigenvalue weighted by atomic mass is 10.2. The van der Waals surface area contributed by atoms with E-state index in [1.165, 1.54) is 18.5 Å². The van der Waals surface area contributed by atoms with Crippen molar-refractivity contribution < 1.29 is 9.90 Å². The zero-order valence-electron chi connectivity index (χ0n) is 10.0. The summed E-state index contributed by atoms with van der Waals surface area (Å²) in [6.07, 6.45) is 2.61. The first-order valence-electron chi connectivity index (χ1n) is 5.32. The van der Waals surface area contributed by atoms with E-state index >= 15 is 0 Å². The maximum Gasteiger partial charge on any atom is 0.259 e. The number of carbonyl (C=O) groups is 1. The van der Waals surface area contributed by atoms with E-state index in [2.05, 4.69) is 20.3 Å². The molecule has 0 saturated heterocycles. The average molecular weight is 244 g/mol. The van der Waals surface area contributed by atoms with Crippen molar-refractivity contribution in [3.63, 3.8) is 0 Å². The summed E-state index contributed by atoms with van der Waals surface area (Å²) >= 11 is 0. The van der Waals surface area contributed by atoms with Crippen LogP contribution in [0.3, 0.4) is 0 Å². The second-order valence-electron chi connectivity index (χ2n) is 3.86. The standard InChI is InChI=1S/C12H12N4O2/c1-7-3-8(2)15-12(14-7)16-11(18)9-4-10(17)6-13-5-9/h3-6,17H,1-2H3,(H,14,15,16,18). The van der Waals surface area contributed by atoms with E-state index in [0.717, 1.165) is 11.4 Å². The van der Waals surface area contributed by atoms with Crippen LogP contribution < -0.4 is 5.32 Å². The lowest BCUT2D eigenvalue weighted by Crippen LogP contribution is -2.15. The lowest BCUT2D eigenvalue weighted by Gasteiger charge is -2.05. The summed E-state index contributed by atoms with van der Waals surface area (Å²) < 4.78 is 0. The largest absolute Gasteiger partial charge is 0.506 e. The monoisotopic (exact) mass is 244 g/mol. The van der Waals surface area contributed by atoms with Gasteiger partial charge < -0.3 is 5.11 Å². The van der Waals surface area contributed by atoms with Crippen molar-refractivity contribution >= 4 is 11.9 Å². The van der Waals surface area contributed by atoms with Gasteiger partial charge in [-0.25, -0.2) is 9.97 Å². The second kappa shape index (κ2) is 4.79. The van der Waals surface area contributed by atoms with Crippen LogP contribution in [0.15, 0.2) is 24.5 Å². The maximum atomic E-state index is 11.8. The number of amides is 1. The summed E-state index contributed by atoms with van der Waals surface area (Å²) in [4.78, 5) is 23.8. The Kier molecular flexibility index (Phi) is 3.18. The van der Waals surface area contributed by atoms with Gasteiger partial charge >= 0.3 is 0 Å². The molecule has 0 aliphatic heterocycles. The van der Waals surface area contributed by atoms with Crippen molar-refractivity contribution in [2.45, 2.75) is 13.8 Å². The van der Waals surface area contributed by atoms with Crippen LogP contribution in [0.1, 0.15) is 21.7 Å². The first-order valence-corrected chi connectivity index (χ1v) is 5.32. The number of aryl methyl sites for hydroxylation is 2. The van der Waals surface area contributed by atoms with Crippen molar-refractivity contribution in [1.29, 1.82) is 0 Å². The summed E-state index contributed by atoms with van der Waals surface area (Å²) in [5.74, 6) is -0.242. The zero-order valence-corrected chi connectivity index (χ0v) is 10.0. The van der Waals surface area contributed by atoms with Crippen LogP contribution in [-0.2, 0) is 0 Å². The number of nitrogens with zero attached hydrogens (tertiary/aromatic N) is 3. The van der Waals surface area contributed by atoms with E-state index < -0.39 is 5.91 Å². The van der Waals surface area contributed by atoms with Gasteiger partial charge in [-0.05, 0) is 26.0 Å². The van der Waals surface area contributed by atoms with Crippen LogP contribution in [-0.4, -0.2) is 26.0 Å². The smallest absolute Gasteiger partial charge is 0.259 e. The molecule has 0 radical (unpaired) electrons. The highest BCUT2D eigenvalue weighted by atomic mass is 16.3. The van der Waals surface area contributed by atoms with E-state index in [1.54, 1.807) is 0 Å². The molecule has 2 heterocycles. The number of rotatable bonds is 2. The minimum absolute atomic E-state index is 0.0657. The van der Waals surface area contributed by atoms with E-state index in [0.29, 0.717) is 0 Å². The topological polar surface area (TPSA) is 88.0 Å². The summed E-state index contributed by atoms with van der Waals surface area (Å²) in [7, 11) is 0. The lowest BCUT2D eigenvalue weighted by molar-refractivity contribution is 0.102. The molecule has 0 unspecified atom stereocenters. The van der Waals surface area contributed by atoms with Crippen LogP contribution in [0.2, 0.25) is 0 Å². The van der Waals surface area contributed by atoms with Gasteiger partial charge in [0, 0.05) is 17.6 Å². The van der Waals surface area contributed by atoms with Crippen molar-refractivity contribution in [2.24, 2.45) is 0 Å². The Morgan fingerprint density at radius 1 is 1.17 bits per heavy atom. The minimum Gasteiger partial charge on any atom is -0.506 e. The fourth-order valence-corrected chi connectivity index (χ4v) is 1.51. The Morgan fingerprint density at radius 2 is 1.83 bits per heavy atom. The Morgan fingerprint density at radius 3 is 2.44 bits per heavy atom. The van der Waals surface area contributed by atoms with E-state index in [9.17, 15) is 9.90 Å². The Bertz CT molecular complexity index is 578. The maximum absolute atomic E-state index is 11.8. The second-order valence-corrected chi connectivity index (χ2v) is 3.86. The molecule has 92 valence electrons. The molecule has 0 spiro atoms. The molecule has 0 bridgehead atoms. The molecular weight excluding hydrogens is 232 g/mol. The predicted octanol–water partition coefficient (Wildman–Crippen LogP) is 1.45. The Labute approximate surface area is 104 Å². The normalized spacial score (nSPS) is 10.1. The van der Waals surface area contributed by atoms with Crippen LogP contribution >= 0.6 is 0 Å². The molecule has 18 heavy (non-hydrogen) atoms. The SMILES string of the molecule is Cc1cc(C)nc(NC(=O)c2cncc(O)c2)n1. The third-order valence-corrected chi connectivity index (χ3v) is 2.19. The summed E-state index contributed by atoms with van der Waals surface area (Å²) in [6.45, 7) is 3.64. The van der Waals surface area contributed by atoms with Gasteiger partial charge in [-0.1, -0.05) is 0 Å². The van der Waals surface area contributed by atoms with E-state index in [1.807, 2.05) is 19.9 Å². The van der Waals surface area contributed by atoms with Crippen molar-refractivity contribution in [3.8, 4) is 5.75 Å². The molecule has 2 rings (SSSR count). The van der Waals surface area contributed by atoms with Crippen LogP contribution in [0.5, 0.6) is 5.75 Å². The van der Waals surface area contributed by atoms with Gasteiger partial charge in [0.2, 0.25) is 5.95 Å². The average Bonchev–Trinajstić information content (AvgIpc) is 2.27. The molecule has 0 fully saturated rings. The minimum atomic E-state index is -0.414. The number of hydrogen-bond acceptors (Lipinski definition) is 5. The molecule has 0 aliphatic carbocycles. The zero-order chi connectivity index (χ0) is 13.1. The molecule has 2 aromatic rings. The summed E-state index contributed by atoms with van der Waals surface area (Å²) in [5, 5.41) is 11.8. The van der Waals surface area contributed by atoms with Gasteiger partial charge in [-0.3, -0.25) is 15.1 Å². The fraction of sp³-hybridized carbons (Fsp3) is 0.167. The number of aromatic nitrogens is 3. The van der Waals surface area contributed by atoms with Gasteiger partial charge in [0.15, 0.2) is 0 Å². The van der Waals surface area contributed by atoms with Gasteiger partial charge in [0.05, 0.1) is 11.8 Å². The number of carbonyl (C=O) groups excluding carboxylic acids is 1. The highest BCUT2D eigenvalue weighted by Gasteiger charge is 2.09. The quantitative estimate of drug-likeness (QED) is 0.834. The number of pyridine rings is 1.